The topological polar surface area (TPSA) is 74.3 Å². The van der Waals surface area contributed by atoms with Gasteiger partial charge in [-0.05, 0) is 39.8 Å². The molecule has 3 aliphatic rings. The number of ether oxygens (including phenoxy) is 4. The van der Waals surface area contributed by atoms with Gasteiger partial charge >= 0.3 is 0 Å². The molecular formula is C19H23NO6. The quantitative estimate of drug-likeness (QED) is 0.766. The molecule has 0 radical (unpaired) electrons. The zero-order valence-electron chi connectivity index (χ0n) is 15.4. The third-order valence-electron chi connectivity index (χ3n) is 4.86. The van der Waals surface area contributed by atoms with Gasteiger partial charge in [0.1, 0.15) is 18.3 Å². The Balaban J connectivity index is 1.55. The lowest BCUT2D eigenvalue weighted by Gasteiger charge is -2.25. The van der Waals surface area contributed by atoms with Crippen LogP contribution in [0.25, 0.3) is 0 Å². The summed E-state index contributed by atoms with van der Waals surface area (Å²) in [5, 5.41) is 0. The SMILES string of the molecule is CC1(C)OCC(C2OC(C)(C)OC2CN2C(=O)c3ccccc3C2=O)O1. The Kier molecular flexibility index (Phi) is 3.96. The van der Waals surface area contributed by atoms with Crippen LogP contribution in [0.2, 0.25) is 0 Å². The molecule has 26 heavy (non-hydrogen) atoms. The van der Waals surface area contributed by atoms with Crippen molar-refractivity contribution in [2.24, 2.45) is 0 Å². The molecule has 0 N–H and O–H groups in total. The van der Waals surface area contributed by atoms with Gasteiger partial charge < -0.3 is 18.9 Å². The summed E-state index contributed by atoms with van der Waals surface area (Å²) < 4.78 is 23.6. The molecule has 3 aliphatic heterocycles. The van der Waals surface area contributed by atoms with E-state index in [0.717, 1.165) is 0 Å². The van der Waals surface area contributed by atoms with Gasteiger partial charge in [0.2, 0.25) is 0 Å². The van der Waals surface area contributed by atoms with E-state index in [2.05, 4.69) is 0 Å². The first-order valence-corrected chi connectivity index (χ1v) is 8.79. The number of rotatable bonds is 3. The second-order valence-electron chi connectivity index (χ2n) is 7.77. The van der Waals surface area contributed by atoms with Gasteiger partial charge in [-0.1, -0.05) is 12.1 Å². The molecule has 2 fully saturated rings. The smallest absolute Gasteiger partial charge is 0.261 e. The second kappa shape index (κ2) is 5.85. The van der Waals surface area contributed by atoms with Crippen molar-refractivity contribution in [1.82, 2.24) is 4.90 Å². The van der Waals surface area contributed by atoms with Crippen molar-refractivity contribution in [3.8, 4) is 0 Å². The molecule has 0 spiro atoms. The van der Waals surface area contributed by atoms with Gasteiger partial charge in [0.15, 0.2) is 11.6 Å². The number of imide groups is 1. The van der Waals surface area contributed by atoms with Crippen molar-refractivity contribution >= 4 is 11.8 Å². The zero-order valence-corrected chi connectivity index (χ0v) is 15.4. The predicted octanol–water partition coefficient (Wildman–Crippen LogP) is 1.95. The van der Waals surface area contributed by atoms with E-state index in [4.69, 9.17) is 18.9 Å². The molecule has 1 aromatic rings. The van der Waals surface area contributed by atoms with E-state index in [1.165, 1.54) is 4.90 Å². The molecule has 140 valence electrons. The first-order chi connectivity index (χ1) is 12.2. The molecule has 3 heterocycles. The second-order valence-corrected chi connectivity index (χ2v) is 7.77. The van der Waals surface area contributed by atoms with Crippen LogP contribution in [0.15, 0.2) is 24.3 Å². The lowest BCUT2D eigenvalue weighted by molar-refractivity contribution is -0.174. The maximum atomic E-state index is 12.6. The van der Waals surface area contributed by atoms with Crippen molar-refractivity contribution in [3.05, 3.63) is 35.4 Å². The molecule has 0 bridgehead atoms. The summed E-state index contributed by atoms with van der Waals surface area (Å²) in [6, 6.07) is 6.83. The number of amides is 2. The average Bonchev–Trinajstić information content (AvgIpc) is 3.16. The minimum atomic E-state index is -0.829. The highest BCUT2D eigenvalue weighted by Gasteiger charge is 2.51. The number of carbonyl (C=O) groups is 2. The molecule has 3 atom stereocenters. The summed E-state index contributed by atoms with van der Waals surface area (Å²) in [5.41, 5.74) is 0.850. The van der Waals surface area contributed by atoms with Crippen molar-refractivity contribution in [2.75, 3.05) is 13.2 Å². The molecule has 0 saturated carbocycles. The highest BCUT2D eigenvalue weighted by Crippen LogP contribution is 2.36. The molecule has 2 amide bonds. The summed E-state index contributed by atoms with van der Waals surface area (Å²) >= 11 is 0. The molecule has 0 aliphatic carbocycles. The minimum Gasteiger partial charge on any atom is -0.348 e. The van der Waals surface area contributed by atoms with Crippen molar-refractivity contribution in [3.63, 3.8) is 0 Å². The standard InChI is InChI=1S/C19H23NO6/c1-18(2)23-10-14(25-18)15-13(24-19(3,4)26-15)9-20-16(21)11-7-5-6-8-12(11)17(20)22/h5-8,13-15H,9-10H2,1-4H3. The minimum absolute atomic E-state index is 0.112. The Morgan fingerprint density at radius 3 is 2.12 bits per heavy atom. The maximum absolute atomic E-state index is 12.6. The van der Waals surface area contributed by atoms with Crippen LogP contribution in [0.5, 0.6) is 0 Å². The van der Waals surface area contributed by atoms with Crippen molar-refractivity contribution < 1.29 is 28.5 Å². The molecule has 7 nitrogen and oxygen atoms in total. The number of hydrogen-bond donors (Lipinski definition) is 0. The Hall–Kier alpha value is -1.80. The van der Waals surface area contributed by atoms with Crippen LogP contribution >= 0.6 is 0 Å². The molecule has 4 rings (SSSR count). The Morgan fingerprint density at radius 1 is 0.962 bits per heavy atom. The van der Waals surface area contributed by atoms with Gasteiger partial charge in [0, 0.05) is 0 Å². The molecule has 1 aromatic carbocycles. The van der Waals surface area contributed by atoms with E-state index < -0.39 is 23.8 Å². The van der Waals surface area contributed by atoms with Gasteiger partial charge in [-0.15, -0.1) is 0 Å². The molecular weight excluding hydrogens is 338 g/mol. The molecule has 3 unspecified atom stereocenters. The summed E-state index contributed by atoms with van der Waals surface area (Å²) in [5.74, 6) is -2.13. The number of benzene rings is 1. The molecule has 7 heteroatoms. The van der Waals surface area contributed by atoms with Crippen LogP contribution in [0.3, 0.4) is 0 Å². The largest absolute Gasteiger partial charge is 0.348 e. The Labute approximate surface area is 152 Å². The lowest BCUT2D eigenvalue weighted by Crippen LogP contribution is -2.45. The number of carbonyl (C=O) groups excluding carboxylic acids is 2. The van der Waals surface area contributed by atoms with Gasteiger partial charge in [0.05, 0.1) is 24.3 Å². The van der Waals surface area contributed by atoms with Crippen LogP contribution in [0.1, 0.15) is 48.4 Å². The summed E-state index contributed by atoms with van der Waals surface area (Å²) in [6.07, 6.45) is -1.25. The van der Waals surface area contributed by atoms with E-state index >= 15 is 0 Å². The number of fused-ring (bicyclic) bond motifs is 1. The van der Waals surface area contributed by atoms with Crippen LogP contribution in [0.4, 0.5) is 0 Å². The van der Waals surface area contributed by atoms with E-state index in [1.807, 2.05) is 27.7 Å². The average molecular weight is 361 g/mol. The monoisotopic (exact) mass is 361 g/mol. The van der Waals surface area contributed by atoms with Gasteiger partial charge in [-0.2, -0.15) is 0 Å². The Bertz CT molecular complexity index is 723. The molecule has 0 aromatic heterocycles. The molecule has 2 saturated heterocycles. The third kappa shape index (κ3) is 2.95. The summed E-state index contributed by atoms with van der Waals surface area (Å²) in [4.78, 5) is 26.5. The number of hydrogen-bond acceptors (Lipinski definition) is 6. The van der Waals surface area contributed by atoms with Crippen molar-refractivity contribution in [2.45, 2.75) is 57.6 Å². The fourth-order valence-electron chi connectivity index (χ4n) is 3.78. The zero-order chi connectivity index (χ0) is 18.7. The number of nitrogens with zero attached hydrogens (tertiary/aromatic N) is 1. The normalized spacial score (nSPS) is 32.3. The first-order valence-electron chi connectivity index (χ1n) is 8.79. The first kappa shape index (κ1) is 17.6. The van der Waals surface area contributed by atoms with Gasteiger partial charge in [-0.3, -0.25) is 14.5 Å². The fraction of sp³-hybridized carbons (Fsp3) is 0.579. The lowest BCUT2D eigenvalue weighted by atomic mass is 10.1. The van der Waals surface area contributed by atoms with Crippen LogP contribution < -0.4 is 0 Å². The third-order valence-corrected chi connectivity index (χ3v) is 4.86. The summed E-state index contributed by atoms with van der Waals surface area (Å²) in [6.45, 7) is 7.78. The van der Waals surface area contributed by atoms with E-state index in [-0.39, 0.29) is 24.5 Å². The van der Waals surface area contributed by atoms with E-state index in [9.17, 15) is 9.59 Å². The highest BCUT2D eigenvalue weighted by atomic mass is 16.8. The van der Waals surface area contributed by atoms with Crippen LogP contribution in [-0.4, -0.2) is 59.8 Å². The van der Waals surface area contributed by atoms with Crippen LogP contribution in [-0.2, 0) is 18.9 Å². The maximum Gasteiger partial charge on any atom is 0.261 e. The van der Waals surface area contributed by atoms with Crippen molar-refractivity contribution in [1.29, 1.82) is 0 Å². The van der Waals surface area contributed by atoms with Gasteiger partial charge in [-0.25, -0.2) is 0 Å². The Morgan fingerprint density at radius 2 is 1.58 bits per heavy atom. The van der Waals surface area contributed by atoms with E-state index in [1.54, 1.807) is 24.3 Å². The van der Waals surface area contributed by atoms with E-state index in [0.29, 0.717) is 17.7 Å². The predicted molar refractivity (Wildman–Crippen MR) is 90.5 cm³/mol. The fourth-order valence-corrected chi connectivity index (χ4v) is 3.78. The van der Waals surface area contributed by atoms with Gasteiger partial charge in [0.25, 0.3) is 11.8 Å². The van der Waals surface area contributed by atoms with Crippen LogP contribution in [0, 0.1) is 0 Å². The summed E-state index contributed by atoms with van der Waals surface area (Å²) in [7, 11) is 0. The highest BCUT2D eigenvalue weighted by molar-refractivity contribution is 6.21.